The quantitative estimate of drug-likeness (QED) is 0.641. The van der Waals surface area contributed by atoms with Gasteiger partial charge in [0.1, 0.15) is 6.04 Å². The fourth-order valence-electron chi connectivity index (χ4n) is 4.06. The second-order valence-corrected chi connectivity index (χ2v) is 9.48. The third-order valence-corrected chi connectivity index (χ3v) is 5.79. The summed E-state index contributed by atoms with van der Waals surface area (Å²) in [5.74, 6) is 1.45. The first-order valence-corrected chi connectivity index (χ1v) is 11.5. The smallest absolute Gasteiger partial charge is 0.253 e. The summed E-state index contributed by atoms with van der Waals surface area (Å²) < 4.78 is 10.7. The van der Waals surface area contributed by atoms with Gasteiger partial charge in [-0.1, -0.05) is 27.7 Å². The number of fused-ring (bicyclic) bond motifs is 1. The minimum absolute atomic E-state index is 0.0147. The van der Waals surface area contributed by atoms with E-state index in [1.54, 1.807) is 23.1 Å². The van der Waals surface area contributed by atoms with Crippen molar-refractivity contribution in [1.29, 1.82) is 0 Å². The molecule has 0 aromatic heterocycles. The van der Waals surface area contributed by atoms with E-state index in [4.69, 9.17) is 9.47 Å². The Labute approximate surface area is 190 Å². The van der Waals surface area contributed by atoms with E-state index < -0.39 is 6.04 Å². The molecule has 0 bridgehead atoms. The van der Waals surface area contributed by atoms with Crippen molar-refractivity contribution in [2.75, 3.05) is 26.4 Å². The minimum atomic E-state index is -0.581. The highest BCUT2D eigenvalue weighted by Crippen LogP contribution is 2.33. The highest BCUT2D eigenvalue weighted by atomic mass is 16.7. The summed E-state index contributed by atoms with van der Waals surface area (Å²) >= 11 is 0. The number of ether oxygens (including phenoxy) is 2. The van der Waals surface area contributed by atoms with Crippen LogP contribution in [0, 0.1) is 17.8 Å². The lowest BCUT2D eigenvalue weighted by atomic mass is 9.88. The van der Waals surface area contributed by atoms with Crippen LogP contribution in [0.3, 0.4) is 0 Å². The van der Waals surface area contributed by atoms with E-state index in [1.807, 2.05) is 27.7 Å². The molecule has 1 saturated heterocycles. The van der Waals surface area contributed by atoms with Crippen LogP contribution in [0.15, 0.2) is 18.2 Å². The molecule has 0 aliphatic carbocycles. The van der Waals surface area contributed by atoms with Crippen molar-refractivity contribution in [2.45, 2.75) is 53.0 Å². The molecule has 2 N–H and O–H groups in total. The Morgan fingerprint density at radius 2 is 1.72 bits per heavy atom. The molecule has 0 saturated carbocycles. The maximum absolute atomic E-state index is 13.0. The van der Waals surface area contributed by atoms with E-state index in [-0.39, 0.29) is 36.4 Å². The third-order valence-electron chi connectivity index (χ3n) is 5.79. The molecular weight excluding hydrogens is 410 g/mol. The molecule has 1 aromatic rings. The number of hydrogen-bond donors (Lipinski definition) is 2. The Kier molecular flexibility index (Phi) is 7.99. The van der Waals surface area contributed by atoms with Gasteiger partial charge in [-0.15, -0.1) is 0 Å². The zero-order valence-electron chi connectivity index (χ0n) is 19.5. The number of likely N-dealkylation sites (tertiary alicyclic amines) is 1. The number of carbonyl (C=O) groups is 3. The van der Waals surface area contributed by atoms with Gasteiger partial charge in [-0.25, -0.2) is 0 Å². The fourth-order valence-corrected chi connectivity index (χ4v) is 4.06. The summed E-state index contributed by atoms with van der Waals surface area (Å²) in [6.07, 6.45) is 1.69. The molecule has 0 unspecified atom stereocenters. The van der Waals surface area contributed by atoms with E-state index in [2.05, 4.69) is 10.6 Å². The number of hydrogen-bond acceptors (Lipinski definition) is 5. The lowest BCUT2D eigenvalue weighted by Gasteiger charge is -2.36. The Morgan fingerprint density at radius 3 is 2.38 bits per heavy atom. The topological polar surface area (TPSA) is 97.0 Å². The first kappa shape index (κ1) is 23.9. The molecule has 0 spiro atoms. The number of nitrogens with zero attached hydrogens (tertiary/aromatic N) is 1. The molecule has 176 valence electrons. The number of benzene rings is 1. The molecule has 32 heavy (non-hydrogen) atoms. The molecule has 1 aromatic carbocycles. The highest BCUT2D eigenvalue weighted by molar-refractivity contribution is 5.95. The van der Waals surface area contributed by atoms with Crippen LogP contribution >= 0.6 is 0 Å². The maximum atomic E-state index is 13.0. The van der Waals surface area contributed by atoms with Crippen LogP contribution in [-0.2, 0) is 9.59 Å². The van der Waals surface area contributed by atoms with Crippen LogP contribution < -0.4 is 20.1 Å². The van der Waals surface area contributed by atoms with Gasteiger partial charge in [0.25, 0.3) is 5.91 Å². The lowest BCUT2D eigenvalue weighted by molar-refractivity contribution is -0.131. The molecule has 8 heteroatoms. The number of nitrogens with one attached hydrogen (secondary N) is 2. The van der Waals surface area contributed by atoms with Crippen molar-refractivity contribution in [2.24, 2.45) is 17.8 Å². The molecule has 3 rings (SSSR count). The SMILES string of the molecule is CC(C)CNC(=O)[C@@H](NC(=O)CC(C)C)C1CCN(C(=O)c2ccc3c(c2)OCO3)CC1. The van der Waals surface area contributed by atoms with Gasteiger partial charge in [-0.05, 0) is 48.8 Å². The van der Waals surface area contributed by atoms with Gasteiger partial charge in [0, 0.05) is 31.6 Å². The van der Waals surface area contributed by atoms with Gasteiger partial charge in [0.2, 0.25) is 18.6 Å². The van der Waals surface area contributed by atoms with Crippen LogP contribution in [0.5, 0.6) is 11.5 Å². The molecule has 8 nitrogen and oxygen atoms in total. The van der Waals surface area contributed by atoms with Crippen molar-refractivity contribution in [3.05, 3.63) is 23.8 Å². The van der Waals surface area contributed by atoms with Crippen LogP contribution in [0.25, 0.3) is 0 Å². The molecule has 1 fully saturated rings. The predicted octanol–water partition coefficient (Wildman–Crippen LogP) is 2.57. The van der Waals surface area contributed by atoms with Crippen LogP contribution in [-0.4, -0.2) is 55.1 Å². The van der Waals surface area contributed by atoms with Crippen molar-refractivity contribution in [1.82, 2.24) is 15.5 Å². The maximum Gasteiger partial charge on any atom is 0.253 e. The Balaban J connectivity index is 1.62. The van der Waals surface area contributed by atoms with Gasteiger partial charge >= 0.3 is 0 Å². The van der Waals surface area contributed by atoms with Crippen molar-refractivity contribution >= 4 is 17.7 Å². The second kappa shape index (κ2) is 10.7. The zero-order valence-corrected chi connectivity index (χ0v) is 19.5. The standard InChI is InChI=1S/C24H35N3O5/c1-15(2)11-21(28)26-22(23(29)25-13-16(3)4)17-7-9-27(10-8-17)24(30)18-5-6-19-20(12-18)32-14-31-19/h5-6,12,15-17,22H,7-11,13-14H2,1-4H3,(H,25,29)(H,26,28)/t22-/m0/s1. The van der Waals surface area contributed by atoms with E-state index in [9.17, 15) is 14.4 Å². The highest BCUT2D eigenvalue weighted by Gasteiger charge is 2.34. The minimum Gasteiger partial charge on any atom is -0.454 e. The largest absolute Gasteiger partial charge is 0.454 e. The summed E-state index contributed by atoms with van der Waals surface area (Å²) in [5, 5.41) is 5.92. The number of amides is 3. The first-order chi connectivity index (χ1) is 15.2. The molecule has 1 atom stereocenters. The van der Waals surface area contributed by atoms with Gasteiger partial charge in [-0.2, -0.15) is 0 Å². The molecular formula is C24H35N3O5. The summed E-state index contributed by atoms with van der Waals surface area (Å²) in [6, 6.07) is 4.63. The summed E-state index contributed by atoms with van der Waals surface area (Å²) in [5.41, 5.74) is 0.559. The first-order valence-electron chi connectivity index (χ1n) is 11.5. The van der Waals surface area contributed by atoms with Crippen molar-refractivity contribution < 1.29 is 23.9 Å². The second-order valence-electron chi connectivity index (χ2n) is 9.48. The Hall–Kier alpha value is -2.77. The number of rotatable bonds is 8. The average Bonchev–Trinajstić information content (AvgIpc) is 3.23. The number of carbonyl (C=O) groups excluding carboxylic acids is 3. The predicted molar refractivity (Wildman–Crippen MR) is 120 cm³/mol. The van der Waals surface area contributed by atoms with Crippen molar-refractivity contribution in [3.63, 3.8) is 0 Å². The Morgan fingerprint density at radius 1 is 1.03 bits per heavy atom. The van der Waals surface area contributed by atoms with E-state index in [0.29, 0.717) is 61.9 Å². The van der Waals surface area contributed by atoms with Gasteiger partial charge < -0.3 is 25.0 Å². The van der Waals surface area contributed by atoms with Crippen LogP contribution in [0.4, 0.5) is 0 Å². The van der Waals surface area contributed by atoms with E-state index in [1.165, 1.54) is 0 Å². The molecule has 0 radical (unpaired) electrons. The molecule has 3 amide bonds. The number of piperidine rings is 1. The third kappa shape index (κ3) is 6.14. The van der Waals surface area contributed by atoms with Crippen molar-refractivity contribution in [3.8, 4) is 11.5 Å². The molecule has 2 aliphatic heterocycles. The van der Waals surface area contributed by atoms with Gasteiger partial charge in [-0.3, -0.25) is 14.4 Å². The monoisotopic (exact) mass is 445 g/mol. The van der Waals surface area contributed by atoms with Crippen LogP contribution in [0.1, 0.15) is 57.3 Å². The summed E-state index contributed by atoms with van der Waals surface area (Å²) in [4.78, 5) is 40.1. The van der Waals surface area contributed by atoms with Gasteiger partial charge in [0.05, 0.1) is 0 Å². The average molecular weight is 446 g/mol. The summed E-state index contributed by atoms with van der Waals surface area (Å²) in [6.45, 7) is 9.83. The molecule has 2 heterocycles. The Bertz CT molecular complexity index is 831. The normalized spacial score (nSPS) is 16.9. The fraction of sp³-hybridized carbons (Fsp3) is 0.625. The van der Waals surface area contributed by atoms with Crippen LogP contribution in [0.2, 0.25) is 0 Å². The zero-order chi connectivity index (χ0) is 23.3. The molecule has 2 aliphatic rings. The van der Waals surface area contributed by atoms with Gasteiger partial charge in [0.15, 0.2) is 11.5 Å². The van der Waals surface area contributed by atoms with E-state index in [0.717, 1.165) is 0 Å². The lowest BCUT2D eigenvalue weighted by Crippen LogP contribution is -2.54. The summed E-state index contributed by atoms with van der Waals surface area (Å²) in [7, 11) is 0. The van der Waals surface area contributed by atoms with E-state index >= 15 is 0 Å².